The number of pyridine rings is 1. The zero-order chi connectivity index (χ0) is 13.8. The SMILES string of the molecule is Cc1cc([N+](=O)[O-])cnc1N1CCCC1CCCO. The highest BCUT2D eigenvalue weighted by Gasteiger charge is 2.26. The predicted octanol–water partition coefficient (Wildman–Crippen LogP) is 2.04. The number of aromatic nitrogens is 1. The summed E-state index contributed by atoms with van der Waals surface area (Å²) in [7, 11) is 0. The van der Waals surface area contributed by atoms with Crippen molar-refractivity contribution in [2.45, 2.75) is 38.6 Å². The van der Waals surface area contributed by atoms with E-state index in [-0.39, 0.29) is 12.3 Å². The van der Waals surface area contributed by atoms with Crippen molar-refractivity contribution in [3.05, 3.63) is 27.9 Å². The van der Waals surface area contributed by atoms with Crippen molar-refractivity contribution in [3.8, 4) is 0 Å². The van der Waals surface area contributed by atoms with Gasteiger partial charge in [-0.25, -0.2) is 4.98 Å². The van der Waals surface area contributed by atoms with Gasteiger partial charge in [0.2, 0.25) is 0 Å². The molecule has 0 aromatic carbocycles. The molecule has 1 atom stereocenters. The van der Waals surface area contributed by atoms with Crippen LogP contribution in [0.15, 0.2) is 12.3 Å². The summed E-state index contributed by atoms with van der Waals surface area (Å²) in [6, 6.07) is 1.96. The Kier molecular flexibility index (Phi) is 4.31. The van der Waals surface area contributed by atoms with E-state index in [1.54, 1.807) is 6.07 Å². The van der Waals surface area contributed by atoms with Crippen LogP contribution >= 0.6 is 0 Å². The minimum atomic E-state index is -0.420. The van der Waals surface area contributed by atoms with Crippen molar-refractivity contribution >= 4 is 11.5 Å². The summed E-state index contributed by atoms with van der Waals surface area (Å²) in [5.74, 6) is 0.839. The van der Waals surface area contributed by atoms with Crippen LogP contribution < -0.4 is 4.90 Å². The van der Waals surface area contributed by atoms with Crippen LogP contribution in [0.25, 0.3) is 0 Å². The lowest BCUT2D eigenvalue weighted by molar-refractivity contribution is -0.385. The van der Waals surface area contributed by atoms with Gasteiger partial charge in [-0.1, -0.05) is 0 Å². The average Bonchev–Trinajstić information content (AvgIpc) is 2.84. The fraction of sp³-hybridized carbons (Fsp3) is 0.615. The van der Waals surface area contributed by atoms with Crippen LogP contribution in [0.1, 0.15) is 31.2 Å². The molecule has 0 spiro atoms. The van der Waals surface area contributed by atoms with Crippen LogP contribution in [-0.4, -0.2) is 34.2 Å². The van der Waals surface area contributed by atoms with Crippen LogP contribution in [-0.2, 0) is 0 Å². The Morgan fingerprint density at radius 3 is 3.05 bits per heavy atom. The van der Waals surface area contributed by atoms with Gasteiger partial charge >= 0.3 is 0 Å². The molecule has 0 amide bonds. The number of aliphatic hydroxyl groups is 1. The molecule has 0 saturated carbocycles. The van der Waals surface area contributed by atoms with Crippen molar-refractivity contribution in [3.63, 3.8) is 0 Å². The first-order valence-corrected chi connectivity index (χ1v) is 6.62. The molecule has 1 aromatic rings. The highest BCUT2D eigenvalue weighted by Crippen LogP contribution is 2.30. The van der Waals surface area contributed by atoms with E-state index < -0.39 is 4.92 Å². The van der Waals surface area contributed by atoms with Crippen molar-refractivity contribution in [2.24, 2.45) is 0 Å². The Morgan fingerprint density at radius 1 is 1.63 bits per heavy atom. The van der Waals surface area contributed by atoms with Gasteiger partial charge in [0.05, 0.1) is 4.92 Å². The summed E-state index contributed by atoms with van der Waals surface area (Å²) in [5.41, 5.74) is 0.873. The highest BCUT2D eigenvalue weighted by molar-refractivity contribution is 5.51. The Bertz CT molecular complexity index is 464. The molecule has 1 aromatic heterocycles. The van der Waals surface area contributed by atoms with Crippen LogP contribution in [0.3, 0.4) is 0 Å². The number of hydrogen-bond donors (Lipinski definition) is 1. The lowest BCUT2D eigenvalue weighted by Crippen LogP contribution is -2.30. The molecule has 2 rings (SSSR count). The first kappa shape index (κ1) is 13.7. The van der Waals surface area contributed by atoms with Gasteiger partial charge in [0, 0.05) is 25.3 Å². The number of rotatable bonds is 5. The summed E-state index contributed by atoms with van der Waals surface area (Å²) in [5, 5.41) is 19.6. The van der Waals surface area contributed by atoms with Gasteiger partial charge in [0.25, 0.3) is 5.69 Å². The van der Waals surface area contributed by atoms with Crippen LogP contribution in [0.5, 0.6) is 0 Å². The molecule has 1 aliphatic heterocycles. The summed E-state index contributed by atoms with van der Waals surface area (Å²) in [6.45, 7) is 3.00. The minimum absolute atomic E-state index is 0.0346. The lowest BCUT2D eigenvalue weighted by Gasteiger charge is -2.26. The molecule has 1 unspecified atom stereocenters. The topological polar surface area (TPSA) is 79.5 Å². The Labute approximate surface area is 112 Å². The quantitative estimate of drug-likeness (QED) is 0.651. The molecule has 1 N–H and O–H groups in total. The second kappa shape index (κ2) is 5.97. The number of hydrogen-bond acceptors (Lipinski definition) is 5. The number of anilines is 1. The number of nitrogens with zero attached hydrogens (tertiary/aromatic N) is 3. The molecule has 104 valence electrons. The second-order valence-corrected chi connectivity index (χ2v) is 4.95. The van der Waals surface area contributed by atoms with Crippen LogP contribution in [0, 0.1) is 17.0 Å². The molecule has 0 bridgehead atoms. The maximum Gasteiger partial charge on any atom is 0.287 e. The number of aliphatic hydroxyl groups excluding tert-OH is 1. The van der Waals surface area contributed by atoms with Gasteiger partial charge in [-0.2, -0.15) is 0 Å². The number of aryl methyl sites for hydroxylation is 1. The molecule has 0 radical (unpaired) electrons. The third kappa shape index (κ3) is 3.01. The molecule has 6 nitrogen and oxygen atoms in total. The first-order chi connectivity index (χ1) is 9.13. The third-order valence-corrected chi connectivity index (χ3v) is 3.59. The van der Waals surface area contributed by atoms with Crippen molar-refractivity contribution < 1.29 is 10.0 Å². The van der Waals surface area contributed by atoms with Crippen LogP contribution in [0.4, 0.5) is 11.5 Å². The molecule has 2 heterocycles. The van der Waals surface area contributed by atoms with E-state index in [2.05, 4.69) is 9.88 Å². The molecular formula is C13H19N3O3. The van der Waals surface area contributed by atoms with E-state index in [9.17, 15) is 10.1 Å². The van der Waals surface area contributed by atoms with Gasteiger partial charge in [0.1, 0.15) is 12.0 Å². The van der Waals surface area contributed by atoms with Gasteiger partial charge in [0.15, 0.2) is 0 Å². The monoisotopic (exact) mass is 265 g/mol. The smallest absolute Gasteiger partial charge is 0.287 e. The van der Waals surface area contributed by atoms with Gasteiger partial charge in [-0.3, -0.25) is 10.1 Å². The Morgan fingerprint density at radius 2 is 2.42 bits per heavy atom. The summed E-state index contributed by atoms with van der Waals surface area (Å²) in [6.07, 6.45) is 5.25. The molecule has 1 aliphatic rings. The molecule has 19 heavy (non-hydrogen) atoms. The fourth-order valence-corrected chi connectivity index (χ4v) is 2.69. The molecule has 1 saturated heterocycles. The Balaban J connectivity index is 2.18. The van der Waals surface area contributed by atoms with Crippen molar-refractivity contribution in [1.29, 1.82) is 0 Å². The Hall–Kier alpha value is -1.69. The minimum Gasteiger partial charge on any atom is -0.396 e. The summed E-state index contributed by atoms with van der Waals surface area (Å²) >= 11 is 0. The first-order valence-electron chi connectivity index (χ1n) is 6.62. The normalized spacial score (nSPS) is 18.8. The lowest BCUT2D eigenvalue weighted by atomic mass is 10.1. The zero-order valence-corrected chi connectivity index (χ0v) is 11.1. The van der Waals surface area contributed by atoms with Crippen molar-refractivity contribution in [1.82, 2.24) is 4.98 Å². The largest absolute Gasteiger partial charge is 0.396 e. The van der Waals surface area contributed by atoms with Gasteiger partial charge < -0.3 is 10.0 Å². The number of nitro groups is 1. The van der Waals surface area contributed by atoms with E-state index in [1.807, 2.05) is 6.92 Å². The van der Waals surface area contributed by atoms with Gasteiger partial charge in [-0.15, -0.1) is 0 Å². The van der Waals surface area contributed by atoms with E-state index in [0.29, 0.717) is 6.04 Å². The molecule has 6 heteroatoms. The maximum absolute atomic E-state index is 10.7. The third-order valence-electron chi connectivity index (χ3n) is 3.59. The average molecular weight is 265 g/mol. The molecule has 0 aliphatic carbocycles. The maximum atomic E-state index is 10.7. The second-order valence-electron chi connectivity index (χ2n) is 4.95. The van der Waals surface area contributed by atoms with E-state index in [4.69, 9.17) is 5.11 Å². The standard InChI is InChI=1S/C13H19N3O3/c1-10-8-12(16(18)19)9-14-13(10)15-6-2-4-11(15)5-3-7-17/h8-9,11,17H,2-7H2,1H3. The van der Waals surface area contributed by atoms with Crippen LogP contribution in [0.2, 0.25) is 0 Å². The van der Waals surface area contributed by atoms with Crippen molar-refractivity contribution in [2.75, 3.05) is 18.1 Å². The zero-order valence-electron chi connectivity index (χ0n) is 11.1. The van der Waals surface area contributed by atoms with Gasteiger partial charge in [-0.05, 0) is 38.2 Å². The fourth-order valence-electron chi connectivity index (χ4n) is 2.69. The summed E-state index contributed by atoms with van der Waals surface area (Å²) < 4.78 is 0. The van der Waals surface area contributed by atoms with E-state index in [1.165, 1.54) is 6.20 Å². The molecule has 1 fully saturated rings. The summed E-state index contributed by atoms with van der Waals surface area (Å²) in [4.78, 5) is 16.8. The predicted molar refractivity (Wildman–Crippen MR) is 72.3 cm³/mol. The molecular weight excluding hydrogens is 246 g/mol. The van der Waals surface area contributed by atoms with E-state index >= 15 is 0 Å². The van der Waals surface area contributed by atoms with E-state index in [0.717, 1.165) is 43.6 Å². The highest BCUT2D eigenvalue weighted by atomic mass is 16.6.